The fourth-order valence-electron chi connectivity index (χ4n) is 2.76. The van der Waals surface area contributed by atoms with Crippen molar-refractivity contribution in [3.05, 3.63) is 35.4 Å². The summed E-state index contributed by atoms with van der Waals surface area (Å²) in [7, 11) is 0. The number of halogens is 5. The van der Waals surface area contributed by atoms with Crippen molar-refractivity contribution in [2.24, 2.45) is 5.92 Å². The minimum Gasteiger partial charge on any atom is -0.440 e. The van der Waals surface area contributed by atoms with E-state index >= 15 is 0 Å². The van der Waals surface area contributed by atoms with E-state index in [2.05, 4.69) is 10.1 Å². The number of hydrogen-bond acceptors (Lipinski definition) is 3. The molecule has 27 heavy (non-hydrogen) atoms. The van der Waals surface area contributed by atoms with Gasteiger partial charge in [0.1, 0.15) is 0 Å². The number of ether oxygens (including phenoxy) is 1. The number of likely N-dealkylation sites (tertiary alicyclic amines) is 1. The third-order valence-corrected chi connectivity index (χ3v) is 4.29. The second-order valence-electron chi connectivity index (χ2n) is 6.33. The van der Waals surface area contributed by atoms with E-state index in [1.54, 1.807) is 6.92 Å². The van der Waals surface area contributed by atoms with Crippen molar-refractivity contribution in [1.29, 1.82) is 0 Å². The highest BCUT2D eigenvalue weighted by Crippen LogP contribution is 2.22. The lowest BCUT2D eigenvalue weighted by Crippen LogP contribution is -2.44. The van der Waals surface area contributed by atoms with Crippen molar-refractivity contribution in [2.75, 3.05) is 19.7 Å². The van der Waals surface area contributed by atoms with Crippen LogP contribution in [0.25, 0.3) is 0 Å². The quantitative estimate of drug-likeness (QED) is 0.795. The van der Waals surface area contributed by atoms with E-state index in [0.717, 1.165) is 17.0 Å². The molecule has 5 nitrogen and oxygen atoms in total. The molecule has 0 aromatic heterocycles. The van der Waals surface area contributed by atoms with Crippen molar-refractivity contribution in [3.63, 3.8) is 0 Å². The summed E-state index contributed by atoms with van der Waals surface area (Å²) in [5.74, 6) is -2.76. The fraction of sp³-hybridized carbons (Fsp3) is 0.529. The third-order valence-electron chi connectivity index (χ3n) is 4.29. The highest BCUT2D eigenvalue weighted by molar-refractivity contribution is 5.79. The van der Waals surface area contributed by atoms with Crippen LogP contribution in [0.5, 0.6) is 0 Å². The molecule has 0 radical (unpaired) electrons. The predicted octanol–water partition coefficient (Wildman–Crippen LogP) is 3.55. The number of alkyl halides is 3. The topological polar surface area (TPSA) is 58.6 Å². The van der Waals surface area contributed by atoms with Crippen LogP contribution in [0, 0.1) is 17.6 Å². The first-order valence-corrected chi connectivity index (χ1v) is 8.30. The molecule has 1 N–H and O–H groups in total. The second kappa shape index (κ2) is 8.53. The van der Waals surface area contributed by atoms with Crippen molar-refractivity contribution in [3.8, 4) is 0 Å². The number of nitrogens with one attached hydrogen (secondary N) is 1. The second-order valence-corrected chi connectivity index (χ2v) is 6.33. The molecule has 1 aliphatic heterocycles. The zero-order valence-corrected chi connectivity index (χ0v) is 14.5. The van der Waals surface area contributed by atoms with Crippen molar-refractivity contribution in [2.45, 2.75) is 32.0 Å². The Labute approximate surface area is 152 Å². The Morgan fingerprint density at radius 1 is 1.22 bits per heavy atom. The number of hydrogen-bond donors (Lipinski definition) is 1. The van der Waals surface area contributed by atoms with Crippen LogP contribution in [0.2, 0.25) is 0 Å². The SMILES string of the molecule is CC(NC(=O)C1CCN(C(=O)OCC(F)(F)F)CC1)c1ccc(F)c(F)c1. The Morgan fingerprint density at radius 3 is 2.41 bits per heavy atom. The van der Waals surface area contributed by atoms with E-state index in [-0.39, 0.29) is 31.8 Å². The van der Waals surface area contributed by atoms with Gasteiger partial charge in [-0.15, -0.1) is 0 Å². The van der Waals surface area contributed by atoms with E-state index in [1.165, 1.54) is 6.07 Å². The van der Waals surface area contributed by atoms with Gasteiger partial charge in [-0.3, -0.25) is 4.79 Å². The predicted molar refractivity (Wildman–Crippen MR) is 84.6 cm³/mol. The van der Waals surface area contributed by atoms with Crippen LogP contribution < -0.4 is 5.32 Å². The zero-order chi connectivity index (χ0) is 20.2. The molecule has 1 heterocycles. The average molecular weight is 394 g/mol. The van der Waals surface area contributed by atoms with E-state index < -0.39 is 42.5 Å². The van der Waals surface area contributed by atoms with Crippen molar-refractivity contribution < 1.29 is 36.3 Å². The van der Waals surface area contributed by atoms with E-state index in [9.17, 15) is 31.5 Å². The Balaban J connectivity index is 1.82. The normalized spacial score (nSPS) is 16.7. The van der Waals surface area contributed by atoms with E-state index in [4.69, 9.17) is 0 Å². The maximum absolute atomic E-state index is 13.3. The molecule has 0 saturated carbocycles. The fourth-order valence-corrected chi connectivity index (χ4v) is 2.76. The summed E-state index contributed by atoms with van der Waals surface area (Å²) in [5.41, 5.74) is 0.399. The molecule has 1 aromatic rings. The van der Waals surface area contributed by atoms with Crippen molar-refractivity contribution >= 4 is 12.0 Å². The number of amides is 2. The first-order chi connectivity index (χ1) is 12.6. The maximum Gasteiger partial charge on any atom is 0.422 e. The Morgan fingerprint density at radius 2 is 1.85 bits per heavy atom. The van der Waals surface area contributed by atoms with Crippen LogP contribution in [0.4, 0.5) is 26.7 Å². The molecular formula is C17H19F5N2O3. The highest BCUT2D eigenvalue weighted by Gasteiger charge is 2.33. The van der Waals surface area contributed by atoms with Gasteiger partial charge in [0.2, 0.25) is 5.91 Å². The molecule has 0 bridgehead atoms. The zero-order valence-electron chi connectivity index (χ0n) is 14.5. The third kappa shape index (κ3) is 6.07. The number of carbonyl (C=O) groups excluding carboxylic acids is 2. The van der Waals surface area contributed by atoms with Gasteiger partial charge in [-0.2, -0.15) is 13.2 Å². The summed E-state index contributed by atoms with van der Waals surface area (Å²) >= 11 is 0. The molecule has 1 unspecified atom stereocenters. The maximum atomic E-state index is 13.3. The molecule has 0 spiro atoms. The monoisotopic (exact) mass is 394 g/mol. The molecular weight excluding hydrogens is 375 g/mol. The number of benzene rings is 1. The van der Waals surface area contributed by atoms with Crippen LogP contribution in [0.1, 0.15) is 31.4 Å². The molecule has 1 aliphatic rings. The van der Waals surface area contributed by atoms with Gasteiger partial charge in [0.05, 0.1) is 6.04 Å². The standard InChI is InChI=1S/C17H19F5N2O3/c1-10(12-2-3-13(18)14(19)8-12)23-15(25)11-4-6-24(7-5-11)16(26)27-9-17(20,21)22/h2-3,8,10-11H,4-7,9H2,1H3,(H,23,25). The highest BCUT2D eigenvalue weighted by atomic mass is 19.4. The van der Waals surface area contributed by atoms with Gasteiger partial charge in [0.15, 0.2) is 18.2 Å². The molecule has 150 valence electrons. The number of carbonyl (C=O) groups is 2. The Hall–Kier alpha value is -2.39. The van der Waals surface area contributed by atoms with Gasteiger partial charge in [0.25, 0.3) is 0 Å². The van der Waals surface area contributed by atoms with Crippen LogP contribution in [-0.2, 0) is 9.53 Å². The summed E-state index contributed by atoms with van der Waals surface area (Å²) in [6, 6.07) is 2.78. The van der Waals surface area contributed by atoms with Crippen LogP contribution in [-0.4, -0.2) is 42.8 Å². The molecule has 1 atom stereocenters. The van der Waals surface area contributed by atoms with Gasteiger partial charge < -0.3 is 15.0 Å². The van der Waals surface area contributed by atoms with Crippen LogP contribution in [0.15, 0.2) is 18.2 Å². The van der Waals surface area contributed by atoms with Gasteiger partial charge in [-0.1, -0.05) is 6.07 Å². The largest absolute Gasteiger partial charge is 0.440 e. The molecule has 2 rings (SSSR count). The molecule has 2 amide bonds. The van der Waals surface area contributed by atoms with Gasteiger partial charge in [-0.05, 0) is 37.5 Å². The minimum atomic E-state index is -4.59. The van der Waals surface area contributed by atoms with E-state index in [1.807, 2.05) is 0 Å². The smallest absolute Gasteiger partial charge is 0.422 e. The first kappa shape index (κ1) is 20.9. The molecule has 1 fully saturated rings. The van der Waals surface area contributed by atoms with Gasteiger partial charge in [-0.25, -0.2) is 13.6 Å². The summed E-state index contributed by atoms with van der Waals surface area (Å²) < 4.78 is 66.6. The molecule has 1 aromatic carbocycles. The van der Waals surface area contributed by atoms with Crippen molar-refractivity contribution in [1.82, 2.24) is 10.2 Å². The summed E-state index contributed by atoms with van der Waals surface area (Å²) in [6.07, 6.45) is -5.14. The number of piperidine rings is 1. The molecule has 10 heteroatoms. The Bertz CT molecular complexity index is 688. The van der Waals surface area contributed by atoms with Crippen LogP contribution >= 0.6 is 0 Å². The van der Waals surface area contributed by atoms with Crippen LogP contribution in [0.3, 0.4) is 0 Å². The lowest BCUT2D eigenvalue weighted by molar-refractivity contribution is -0.162. The number of nitrogens with zero attached hydrogens (tertiary/aromatic N) is 1. The lowest BCUT2D eigenvalue weighted by Gasteiger charge is -2.31. The van der Waals surface area contributed by atoms with Gasteiger partial charge in [0, 0.05) is 19.0 Å². The molecule has 1 saturated heterocycles. The summed E-state index contributed by atoms with van der Waals surface area (Å²) in [4.78, 5) is 25.0. The lowest BCUT2D eigenvalue weighted by atomic mass is 9.95. The van der Waals surface area contributed by atoms with E-state index in [0.29, 0.717) is 5.56 Å². The average Bonchev–Trinajstić information content (AvgIpc) is 2.61. The summed E-state index contributed by atoms with van der Waals surface area (Å²) in [5, 5.41) is 2.69. The van der Waals surface area contributed by atoms with Gasteiger partial charge >= 0.3 is 12.3 Å². The Kier molecular flexibility index (Phi) is 6.61. The first-order valence-electron chi connectivity index (χ1n) is 8.30. The number of rotatable bonds is 4. The minimum absolute atomic E-state index is 0.0916. The summed E-state index contributed by atoms with van der Waals surface area (Å²) in [6.45, 7) is 0.148. The molecule has 0 aliphatic carbocycles.